The lowest BCUT2D eigenvalue weighted by Crippen LogP contribution is -1.77. The monoisotopic (exact) mass is 113 g/mol. The van der Waals surface area contributed by atoms with Crippen molar-refractivity contribution in [2.45, 2.75) is 19.3 Å². The highest BCUT2D eigenvalue weighted by Crippen LogP contribution is 1.89. The van der Waals surface area contributed by atoms with Gasteiger partial charge in [0.25, 0.3) is 0 Å². The van der Waals surface area contributed by atoms with Crippen molar-refractivity contribution in [1.29, 1.82) is 0 Å². The van der Waals surface area contributed by atoms with Gasteiger partial charge in [-0.05, 0) is 26.2 Å². The van der Waals surface area contributed by atoms with E-state index in [4.69, 9.17) is 5.11 Å². The van der Waals surface area contributed by atoms with Gasteiger partial charge < -0.3 is 5.11 Å². The Balaban J connectivity index is 2.80. The third kappa shape index (κ3) is 5.70. The lowest BCUT2D eigenvalue weighted by Gasteiger charge is -1.85. The molecule has 1 N–H and O–H groups in total. The molecule has 0 aromatic rings. The number of aliphatic hydroxyl groups excluding tert-OH is 1. The molecule has 1 heteroatoms. The lowest BCUT2D eigenvalue weighted by molar-refractivity contribution is 0.289. The van der Waals surface area contributed by atoms with E-state index in [-0.39, 0.29) is 0 Å². The molecule has 47 valence electrons. The highest BCUT2D eigenvalue weighted by atomic mass is 16.2. The van der Waals surface area contributed by atoms with E-state index in [0.29, 0.717) is 6.61 Å². The van der Waals surface area contributed by atoms with Gasteiger partial charge in [0.1, 0.15) is 0 Å². The Labute approximate surface area is 51.0 Å². The molecule has 0 aromatic heterocycles. The number of rotatable bonds is 4. The zero-order valence-corrected chi connectivity index (χ0v) is 5.14. The smallest absolute Gasteiger partial charge is 0.0433 e. The molecule has 0 spiro atoms. The van der Waals surface area contributed by atoms with Gasteiger partial charge in [0.05, 0.1) is 0 Å². The van der Waals surface area contributed by atoms with E-state index in [2.05, 4.69) is 6.92 Å². The van der Waals surface area contributed by atoms with E-state index in [0.717, 1.165) is 19.3 Å². The zero-order chi connectivity index (χ0) is 6.24. The van der Waals surface area contributed by atoms with Gasteiger partial charge in [-0.15, -0.1) is 0 Å². The molecule has 0 heterocycles. The van der Waals surface area contributed by atoms with Crippen LogP contribution >= 0.6 is 0 Å². The predicted molar refractivity (Wildman–Crippen MR) is 35.4 cm³/mol. The van der Waals surface area contributed by atoms with Gasteiger partial charge >= 0.3 is 0 Å². The fourth-order valence-electron chi connectivity index (χ4n) is 0.445. The molecule has 0 aliphatic rings. The minimum atomic E-state index is 0.293. The average molecular weight is 113 g/mol. The summed E-state index contributed by atoms with van der Waals surface area (Å²) in [4.78, 5) is 0. The topological polar surface area (TPSA) is 20.2 Å². The minimum absolute atomic E-state index is 0.293. The number of hydrogen-bond donors (Lipinski definition) is 1. The van der Waals surface area contributed by atoms with Crippen LogP contribution in [0.5, 0.6) is 0 Å². The molecular weight excluding hydrogens is 100 g/mol. The summed E-state index contributed by atoms with van der Waals surface area (Å²) in [5, 5.41) is 8.32. The number of allylic oxidation sites excluding steroid dienone is 2. The van der Waals surface area contributed by atoms with Gasteiger partial charge in [-0.2, -0.15) is 0 Å². The van der Waals surface area contributed by atoms with E-state index in [1.54, 1.807) is 0 Å². The molecule has 0 saturated heterocycles. The van der Waals surface area contributed by atoms with E-state index in [1.165, 1.54) is 0 Å². The Hall–Kier alpha value is -0.300. The van der Waals surface area contributed by atoms with Crippen molar-refractivity contribution >= 4 is 0 Å². The van der Waals surface area contributed by atoms with Crippen molar-refractivity contribution in [3.05, 3.63) is 19.1 Å². The van der Waals surface area contributed by atoms with Gasteiger partial charge in [-0.25, -0.2) is 0 Å². The number of hydrogen-bond acceptors (Lipinski definition) is 1. The maximum atomic E-state index is 8.32. The molecule has 1 nitrogen and oxygen atoms in total. The van der Waals surface area contributed by atoms with Crippen LogP contribution in [0.25, 0.3) is 0 Å². The van der Waals surface area contributed by atoms with Gasteiger partial charge in [0, 0.05) is 6.61 Å². The first-order chi connectivity index (χ1) is 3.91. The molecule has 0 atom stereocenters. The van der Waals surface area contributed by atoms with Crippen molar-refractivity contribution in [2.75, 3.05) is 6.61 Å². The SMILES string of the molecule is [CH2]CC=CCCCO. The summed E-state index contributed by atoms with van der Waals surface area (Å²) in [6, 6.07) is 0. The molecule has 0 aliphatic heterocycles. The third-order valence-corrected chi connectivity index (χ3v) is 0.862. The van der Waals surface area contributed by atoms with Crippen LogP contribution < -0.4 is 0 Å². The second-order valence-electron chi connectivity index (χ2n) is 1.63. The van der Waals surface area contributed by atoms with Gasteiger partial charge in [0.2, 0.25) is 0 Å². The summed E-state index contributed by atoms with van der Waals surface area (Å²) >= 11 is 0. The molecule has 0 fully saturated rings. The zero-order valence-electron chi connectivity index (χ0n) is 5.14. The van der Waals surface area contributed by atoms with Crippen LogP contribution in [-0.4, -0.2) is 11.7 Å². The Morgan fingerprint density at radius 3 is 2.62 bits per heavy atom. The van der Waals surface area contributed by atoms with E-state index < -0.39 is 0 Å². The normalized spacial score (nSPS) is 10.8. The second kappa shape index (κ2) is 6.70. The molecule has 0 bridgehead atoms. The standard InChI is InChI=1S/C7H13O/c1-2-3-4-5-6-7-8/h3-4,8H,1-2,5-7H2. The van der Waals surface area contributed by atoms with Crippen LogP contribution in [0.4, 0.5) is 0 Å². The molecule has 0 rings (SSSR count). The molecule has 8 heavy (non-hydrogen) atoms. The fourth-order valence-corrected chi connectivity index (χ4v) is 0.445. The summed E-state index contributed by atoms with van der Waals surface area (Å²) in [6.07, 6.45) is 6.76. The van der Waals surface area contributed by atoms with Crippen LogP contribution in [0.3, 0.4) is 0 Å². The first kappa shape index (κ1) is 7.70. The van der Waals surface area contributed by atoms with E-state index in [9.17, 15) is 0 Å². The lowest BCUT2D eigenvalue weighted by atomic mass is 10.3. The fraction of sp³-hybridized carbons (Fsp3) is 0.571. The Morgan fingerprint density at radius 1 is 1.38 bits per heavy atom. The highest BCUT2D eigenvalue weighted by molar-refractivity contribution is 4.81. The van der Waals surface area contributed by atoms with Crippen LogP contribution in [-0.2, 0) is 0 Å². The van der Waals surface area contributed by atoms with Crippen molar-refractivity contribution in [3.8, 4) is 0 Å². The Kier molecular flexibility index (Phi) is 6.45. The molecular formula is C7H13O. The van der Waals surface area contributed by atoms with E-state index >= 15 is 0 Å². The van der Waals surface area contributed by atoms with Crippen molar-refractivity contribution in [3.63, 3.8) is 0 Å². The number of aliphatic hydroxyl groups is 1. The minimum Gasteiger partial charge on any atom is -0.396 e. The van der Waals surface area contributed by atoms with Crippen molar-refractivity contribution in [2.24, 2.45) is 0 Å². The first-order valence-corrected chi connectivity index (χ1v) is 2.97. The van der Waals surface area contributed by atoms with Gasteiger partial charge in [-0.3, -0.25) is 0 Å². The molecule has 0 amide bonds. The second-order valence-corrected chi connectivity index (χ2v) is 1.63. The summed E-state index contributed by atoms with van der Waals surface area (Å²) in [7, 11) is 0. The summed E-state index contributed by atoms with van der Waals surface area (Å²) in [6.45, 7) is 3.93. The van der Waals surface area contributed by atoms with Crippen LogP contribution in [0.1, 0.15) is 19.3 Å². The molecule has 0 unspecified atom stereocenters. The van der Waals surface area contributed by atoms with Crippen LogP contribution in [0, 0.1) is 6.92 Å². The summed E-state index contributed by atoms with van der Waals surface area (Å²) in [5.41, 5.74) is 0. The molecule has 1 radical (unpaired) electrons. The molecule has 0 aliphatic carbocycles. The maximum absolute atomic E-state index is 8.32. The van der Waals surface area contributed by atoms with Gasteiger partial charge in [-0.1, -0.05) is 12.2 Å². The Bertz CT molecular complexity index is 57.4. The van der Waals surface area contributed by atoms with Crippen molar-refractivity contribution < 1.29 is 5.11 Å². The van der Waals surface area contributed by atoms with E-state index in [1.807, 2.05) is 12.2 Å². The Morgan fingerprint density at radius 2 is 2.12 bits per heavy atom. The quantitative estimate of drug-likeness (QED) is 0.433. The summed E-state index contributed by atoms with van der Waals surface area (Å²) < 4.78 is 0. The van der Waals surface area contributed by atoms with Crippen LogP contribution in [0.2, 0.25) is 0 Å². The maximum Gasteiger partial charge on any atom is 0.0433 e. The van der Waals surface area contributed by atoms with Crippen molar-refractivity contribution in [1.82, 2.24) is 0 Å². The highest BCUT2D eigenvalue weighted by Gasteiger charge is 1.75. The summed E-state index contributed by atoms with van der Waals surface area (Å²) in [5.74, 6) is 0. The predicted octanol–water partition coefficient (Wildman–Crippen LogP) is 1.54. The van der Waals surface area contributed by atoms with Crippen LogP contribution in [0.15, 0.2) is 12.2 Å². The largest absolute Gasteiger partial charge is 0.396 e. The molecule has 0 aromatic carbocycles. The average Bonchev–Trinajstić information content (AvgIpc) is 1.81. The first-order valence-electron chi connectivity index (χ1n) is 2.97. The number of unbranched alkanes of at least 4 members (excludes halogenated alkanes) is 1. The third-order valence-electron chi connectivity index (χ3n) is 0.862. The molecule has 0 saturated carbocycles. The van der Waals surface area contributed by atoms with Gasteiger partial charge in [0.15, 0.2) is 0 Å².